The maximum Gasteiger partial charge on any atom is 0.256 e. The molecule has 2 aliphatic rings. The van der Waals surface area contributed by atoms with E-state index in [0.29, 0.717) is 54.4 Å². The van der Waals surface area contributed by atoms with Gasteiger partial charge in [0, 0.05) is 46.9 Å². The van der Waals surface area contributed by atoms with Crippen molar-refractivity contribution in [2.75, 3.05) is 31.6 Å². The summed E-state index contributed by atoms with van der Waals surface area (Å²) < 4.78 is 29.0. The zero-order valence-electron chi connectivity index (χ0n) is 19.9. The van der Waals surface area contributed by atoms with E-state index in [1.54, 1.807) is 11.0 Å². The van der Waals surface area contributed by atoms with Crippen LogP contribution >= 0.6 is 0 Å². The van der Waals surface area contributed by atoms with Gasteiger partial charge in [0.1, 0.15) is 0 Å². The normalized spacial score (nSPS) is 16.8. The summed E-state index contributed by atoms with van der Waals surface area (Å²) in [5, 5.41) is 8.05. The fourth-order valence-electron chi connectivity index (χ4n) is 4.74. The number of anilines is 1. The molecule has 0 bridgehead atoms. The van der Waals surface area contributed by atoms with Crippen LogP contribution in [-0.2, 0) is 19.6 Å². The van der Waals surface area contributed by atoms with Crippen molar-refractivity contribution in [1.29, 1.82) is 0 Å². The van der Waals surface area contributed by atoms with Gasteiger partial charge in [0.25, 0.3) is 11.8 Å². The number of primary sulfonamides is 1. The molecule has 0 saturated carbocycles. The van der Waals surface area contributed by atoms with Crippen LogP contribution in [0.1, 0.15) is 32.9 Å². The number of ether oxygens (including phenoxy) is 1. The van der Waals surface area contributed by atoms with E-state index < -0.39 is 10.0 Å². The van der Waals surface area contributed by atoms with Crippen molar-refractivity contribution in [3.8, 4) is 11.1 Å². The summed E-state index contributed by atoms with van der Waals surface area (Å²) in [7, 11) is -3.92. The maximum atomic E-state index is 13.0. The molecule has 0 radical (unpaired) electrons. The van der Waals surface area contributed by atoms with E-state index in [4.69, 9.17) is 9.88 Å². The highest BCUT2D eigenvalue weighted by atomic mass is 32.2. The third kappa shape index (κ3) is 4.34. The number of nitrogens with one attached hydrogen (secondary N) is 2. The molecule has 1 saturated heterocycles. The van der Waals surface area contributed by atoms with Gasteiger partial charge in [-0.3, -0.25) is 9.59 Å². The Hall–Kier alpha value is -3.73. The van der Waals surface area contributed by atoms with Crippen LogP contribution in [0.2, 0.25) is 0 Å². The lowest BCUT2D eigenvalue weighted by atomic mass is 9.98. The number of morpholine rings is 1. The third-order valence-electron chi connectivity index (χ3n) is 6.56. The number of aromatic amines is 1. The Morgan fingerprint density at radius 2 is 1.86 bits per heavy atom. The lowest BCUT2D eigenvalue weighted by Crippen LogP contribution is -2.40. The number of carbonyl (C=O) groups excluding carboxylic acids is 2. The third-order valence-corrected chi connectivity index (χ3v) is 7.47. The van der Waals surface area contributed by atoms with E-state index in [0.717, 1.165) is 22.4 Å². The molecule has 5 rings (SSSR count). The van der Waals surface area contributed by atoms with Gasteiger partial charge in [-0.15, -0.1) is 0 Å². The zero-order chi connectivity index (χ0) is 25.6. The lowest BCUT2D eigenvalue weighted by Gasteiger charge is -2.27. The molecule has 9 nitrogen and oxygen atoms in total. The van der Waals surface area contributed by atoms with Crippen molar-refractivity contribution in [2.24, 2.45) is 5.14 Å². The summed E-state index contributed by atoms with van der Waals surface area (Å²) in [6.07, 6.45) is 1.71. The minimum Gasteiger partial charge on any atom is -0.378 e. The quantitative estimate of drug-likeness (QED) is 0.468. The van der Waals surface area contributed by atoms with E-state index in [1.807, 2.05) is 38.1 Å². The Morgan fingerprint density at radius 3 is 2.58 bits per heavy atom. The maximum absolute atomic E-state index is 13.0. The van der Waals surface area contributed by atoms with Crippen LogP contribution in [-0.4, -0.2) is 56.4 Å². The zero-order valence-corrected chi connectivity index (χ0v) is 20.7. The smallest absolute Gasteiger partial charge is 0.256 e. The van der Waals surface area contributed by atoms with Crippen LogP contribution < -0.4 is 10.5 Å². The van der Waals surface area contributed by atoms with Crippen molar-refractivity contribution in [3.05, 3.63) is 70.5 Å². The number of fused-ring (bicyclic) bond motifs is 1. The minimum atomic E-state index is -3.92. The fourth-order valence-corrected chi connectivity index (χ4v) is 5.28. The Balaban J connectivity index is 1.52. The summed E-state index contributed by atoms with van der Waals surface area (Å²) in [5.41, 5.74) is 6.26. The van der Waals surface area contributed by atoms with E-state index >= 15 is 0 Å². The number of hydrogen-bond acceptors (Lipinski definition) is 5. The Labute approximate surface area is 209 Å². The Morgan fingerprint density at radius 1 is 1.11 bits per heavy atom. The summed E-state index contributed by atoms with van der Waals surface area (Å²) in [6.45, 7) is 6.09. The largest absolute Gasteiger partial charge is 0.378 e. The molecule has 36 heavy (non-hydrogen) atoms. The highest BCUT2D eigenvalue weighted by Crippen LogP contribution is 2.37. The predicted octanol–water partition coefficient (Wildman–Crippen LogP) is 2.91. The van der Waals surface area contributed by atoms with Crippen molar-refractivity contribution >= 4 is 39.2 Å². The number of benzene rings is 2. The van der Waals surface area contributed by atoms with Gasteiger partial charge in [0.05, 0.1) is 23.7 Å². The highest BCUT2D eigenvalue weighted by molar-refractivity contribution is 7.89. The van der Waals surface area contributed by atoms with Crippen LogP contribution in [0.5, 0.6) is 0 Å². The Kier molecular flexibility index (Phi) is 6.03. The summed E-state index contributed by atoms with van der Waals surface area (Å²) in [6, 6.07) is 11.8. The number of hydrogen-bond donors (Lipinski definition) is 3. The number of nitrogens with zero attached hydrogens (tertiary/aromatic N) is 1. The van der Waals surface area contributed by atoms with Gasteiger partial charge in [0.15, 0.2) is 0 Å². The van der Waals surface area contributed by atoms with Gasteiger partial charge < -0.3 is 19.9 Å². The average molecular weight is 507 g/mol. The second kappa shape index (κ2) is 9.05. The molecule has 2 amide bonds. The van der Waals surface area contributed by atoms with Crippen LogP contribution in [0.15, 0.2) is 47.4 Å². The standard InChI is InChI=1S/C26H26N4O5S/c1-15-23(14-21-20-13-19(36(27,33)34)6-7-22(20)29-25(21)31)28-16(2)24(15)17-4-3-5-18(12-17)26(32)30-8-10-35-11-9-30/h3-7,12-14,28H,8-11H2,1-2H3,(H,29,31)(H2,27,33,34). The second-order valence-electron chi connectivity index (χ2n) is 8.91. The number of aryl methyl sites for hydroxylation is 1. The summed E-state index contributed by atoms with van der Waals surface area (Å²) >= 11 is 0. The van der Waals surface area contributed by atoms with E-state index in [1.165, 1.54) is 18.2 Å². The first-order chi connectivity index (χ1) is 17.1. The molecular weight excluding hydrogens is 480 g/mol. The van der Waals surface area contributed by atoms with Gasteiger partial charge in [-0.25, -0.2) is 13.6 Å². The van der Waals surface area contributed by atoms with Crippen molar-refractivity contribution in [3.63, 3.8) is 0 Å². The van der Waals surface area contributed by atoms with Crippen LogP contribution in [0, 0.1) is 13.8 Å². The minimum absolute atomic E-state index is 0.0294. The molecule has 1 fully saturated rings. The molecule has 3 heterocycles. The van der Waals surface area contributed by atoms with Crippen molar-refractivity contribution in [2.45, 2.75) is 18.7 Å². The molecule has 10 heteroatoms. The molecule has 3 aromatic rings. The molecule has 4 N–H and O–H groups in total. The van der Waals surface area contributed by atoms with Crippen LogP contribution in [0.3, 0.4) is 0 Å². The van der Waals surface area contributed by atoms with Crippen LogP contribution in [0.25, 0.3) is 22.8 Å². The lowest BCUT2D eigenvalue weighted by molar-refractivity contribution is -0.110. The van der Waals surface area contributed by atoms with Gasteiger partial charge in [0.2, 0.25) is 10.0 Å². The number of amides is 2. The molecule has 0 aliphatic carbocycles. The van der Waals surface area contributed by atoms with Gasteiger partial charge in [-0.2, -0.15) is 0 Å². The predicted molar refractivity (Wildman–Crippen MR) is 137 cm³/mol. The first kappa shape index (κ1) is 24.0. The van der Waals surface area contributed by atoms with E-state index in [2.05, 4.69) is 10.3 Å². The molecule has 0 atom stereocenters. The van der Waals surface area contributed by atoms with Crippen molar-refractivity contribution < 1.29 is 22.7 Å². The first-order valence-electron chi connectivity index (χ1n) is 11.5. The first-order valence-corrected chi connectivity index (χ1v) is 13.0. The van der Waals surface area contributed by atoms with E-state index in [9.17, 15) is 18.0 Å². The average Bonchev–Trinajstić information content (AvgIpc) is 3.32. The van der Waals surface area contributed by atoms with Gasteiger partial charge in [-0.05, 0) is 61.4 Å². The molecule has 2 aromatic carbocycles. The molecule has 0 spiro atoms. The van der Waals surface area contributed by atoms with Gasteiger partial charge in [-0.1, -0.05) is 12.1 Å². The molecular formula is C26H26N4O5S. The topological polar surface area (TPSA) is 135 Å². The molecule has 2 aliphatic heterocycles. The number of H-pyrrole nitrogens is 1. The summed E-state index contributed by atoms with van der Waals surface area (Å²) in [4.78, 5) is 30.8. The number of carbonyl (C=O) groups is 2. The molecule has 1 aromatic heterocycles. The monoisotopic (exact) mass is 506 g/mol. The second-order valence-corrected chi connectivity index (χ2v) is 10.5. The van der Waals surface area contributed by atoms with Crippen LogP contribution in [0.4, 0.5) is 5.69 Å². The van der Waals surface area contributed by atoms with Gasteiger partial charge >= 0.3 is 0 Å². The SMILES string of the molecule is Cc1[nH]c(C=C2C(=O)Nc3ccc(S(N)(=O)=O)cc32)c(C)c1-c1cccc(C(=O)N2CCOCC2)c1. The summed E-state index contributed by atoms with van der Waals surface area (Å²) in [5.74, 6) is -0.360. The molecule has 0 unspecified atom stereocenters. The highest BCUT2D eigenvalue weighted by Gasteiger charge is 2.27. The number of nitrogens with two attached hydrogens (primary N) is 1. The fraction of sp³-hybridized carbons (Fsp3) is 0.231. The number of rotatable bonds is 4. The molecule has 186 valence electrons. The van der Waals surface area contributed by atoms with E-state index in [-0.39, 0.29) is 16.7 Å². The number of sulfonamides is 1. The Bertz CT molecular complexity index is 1530. The number of aromatic nitrogens is 1. The van der Waals surface area contributed by atoms with Crippen molar-refractivity contribution in [1.82, 2.24) is 9.88 Å².